The molecule has 0 aliphatic rings. The van der Waals surface area contributed by atoms with Gasteiger partial charge in [0, 0.05) is 0 Å². The Morgan fingerprint density at radius 1 is 1.50 bits per heavy atom. The Hall–Kier alpha value is -0.300. The summed E-state index contributed by atoms with van der Waals surface area (Å²) in [4.78, 5) is 0. The second-order valence-electron chi connectivity index (χ2n) is 3.11. The lowest BCUT2D eigenvalue weighted by atomic mass is 9.98. The number of hydrogen-bond donors (Lipinski definition) is 1. The molecule has 0 rings (SSSR count). The molecule has 2 unspecified atom stereocenters. The van der Waals surface area contributed by atoms with Gasteiger partial charge in [-0.25, -0.2) is 0 Å². The van der Waals surface area contributed by atoms with Crippen LogP contribution in [-0.4, -0.2) is 13.6 Å². The minimum Gasteiger partial charge on any atom is -0.319 e. The van der Waals surface area contributed by atoms with Crippen molar-refractivity contribution in [3.05, 3.63) is 12.7 Å². The molecule has 0 spiro atoms. The van der Waals surface area contributed by atoms with E-state index in [0.717, 1.165) is 12.5 Å². The van der Waals surface area contributed by atoms with Gasteiger partial charge in [0.1, 0.15) is 0 Å². The Kier molecular flexibility index (Phi) is 5.32. The summed E-state index contributed by atoms with van der Waals surface area (Å²) in [7, 11) is 2.00. The van der Waals surface area contributed by atoms with Gasteiger partial charge in [0.25, 0.3) is 0 Å². The Labute approximate surface area is 64.5 Å². The average molecular weight is 141 g/mol. The van der Waals surface area contributed by atoms with Crippen LogP contribution in [0.2, 0.25) is 0 Å². The maximum absolute atomic E-state index is 3.75. The molecule has 2 atom stereocenters. The number of rotatable bonds is 5. The maximum Gasteiger partial charge on any atom is -0.00259 e. The quantitative estimate of drug-likeness (QED) is 0.578. The molecule has 0 bridgehead atoms. The van der Waals surface area contributed by atoms with Crippen molar-refractivity contribution in [1.82, 2.24) is 5.32 Å². The molecule has 0 saturated heterocycles. The van der Waals surface area contributed by atoms with Crippen molar-refractivity contribution in [2.45, 2.75) is 20.3 Å². The lowest BCUT2D eigenvalue weighted by Crippen LogP contribution is -2.17. The smallest absolute Gasteiger partial charge is 0.00259 e. The molecule has 0 aromatic heterocycles. The first-order valence-corrected chi connectivity index (χ1v) is 3.97. The summed E-state index contributed by atoms with van der Waals surface area (Å²) in [5.74, 6) is 1.42. The summed E-state index contributed by atoms with van der Waals surface area (Å²) in [5.41, 5.74) is 0. The molecule has 1 nitrogen and oxygen atoms in total. The molecule has 10 heavy (non-hydrogen) atoms. The van der Waals surface area contributed by atoms with E-state index < -0.39 is 0 Å². The van der Waals surface area contributed by atoms with Gasteiger partial charge in [-0.15, -0.1) is 6.58 Å². The Morgan fingerprint density at radius 3 is 2.50 bits per heavy atom. The Balaban J connectivity index is 3.36. The van der Waals surface area contributed by atoms with Crippen molar-refractivity contribution in [2.75, 3.05) is 13.6 Å². The molecule has 0 aliphatic heterocycles. The molecule has 1 N–H and O–H groups in total. The van der Waals surface area contributed by atoms with Gasteiger partial charge in [-0.05, 0) is 31.8 Å². The zero-order chi connectivity index (χ0) is 7.98. The fourth-order valence-electron chi connectivity index (χ4n) is 1.16. The van der Waals surface area contributed by atoms with Gasteiger partial charge >= 0.3 is 0 Å². The zero-order valence-corrected chi connectivity index (χ0v) is 7.35. The highest BCUT2D eigenvalue weighted by molar-refractivity contribution is 4.76. The van der Waals surface area contributed by atoms with E-state index in [-0.39, 0.29) is 0 Å². The van der Waals surface area contributed by atoms with Gasteiger partial charge < -0.3 is 5.32 Å². The van der Waals surface area contributed by atoms with E-state index in [2.05, 4.69) is 25.7 Å². The van der Waals surface area contributed by atoms with E-state index in [9.17, 15) is 0 Å². The third-order valence-electron chi connectivity index (χ3n) is 1.73. The van der Waals surface area contributed by atoms with E-state index >= 15 is 0 Å². The molecule has 0 radical (unpaired) electrons. The fraction of sp³-hybridized carbons (Fsp3) is 0.778. The van der Waals surface area contributed by atoms with E-state index in [1.165, 1.54) is 6.42 Å². The van der Waals surface area contributed by atoms with Crippen LogP contribution in [0, 0.1) is 11.8 Å². The average Bonchev–Trinajstić information content (AvgIpc) is 1.88. The Morgan fingerprint density at radius 2 is 2.10 bits per heavy atom. The molecule has 0 aromatic rings. The molecule has 0 fully saturated rings. The minimum atomic E-state index is 0.656. The first kappa shape index (κ1) is 9.70. The van der Waals surface area contributed by atoms with Crippen LogP contribution in [0.3, 0.4) is 0 Å². The third kappa shape index (κ3) is 4.57. The second kappa shape index (κ2) is 5.48. The minimum absolute atomic E-state index is 0.656. The summed E-state index contributed by atoms with van der Waals surface area (Å²) in [6.07, 6.45) is 3.26. The highest BCUT2D eigenvalue weighted by atomic mass is 14.8. The van der Waals surface area contributed by atoms with Crippen LogP contribution in [0.1, 0.15) is 20.3 Å². The van der Waals surface area contributed by atoms with E-state index in [0.29, 0.717) is 5.92 Å². The van der Waals surface area contributed by atoms with Gasteiger partial charge in [0.2, 0.25) is 0 Å². The molecule has 60 valence electrons. The first-order valence-electron chi connectivity index (χ1n) is 3.97. The molecule has 0 amide bonds. The van der Waals surface area contributed by atoms with Crippen molar-refractivity contribution >= 4 is 0 Å². The SMILES string of the molecule is C=CC(C)CC(C)CNC. The van der Waals surface area contributed by atoms with Crippen LogP contribution in [0.4, 0.5) is 0 Å². The van der Waals surface area contributed by atoms with Crippen LogP contribution in [0.25, 0.3) is 0 Å². The lowest BCUT2D eigenvalue weighted by molar-refractivity contribution is 0.450. The normalized spacial score (nSPS) is 16.3. The van der Waals surface area contributed by atoms with Gasteiger partial charge in [-0.1, -0.05) is 19.9 Å². The molecular formula is C9H19N. The van der Waals surface area contributed by atoms with Gasteiger partial charge in [0.05, 0.1) is 0 Å². The van der Waals surface area contributed by atoms with E-state index in [4.69, 9.17) is 0 Å². The first-order chi connectivity index (χ1) is 4.70. The fourth-order valence-corrected chi connectivity index (χ4v) is 1.16. The van der Waals surface area contributed by atoms with Crippen LogP contribution in [-0.2, 0) is 0 Å². The third-order valence-corrected chi connectivity index (χ3v) is 1.73. The summed E-state index contributed by atoms with van der Waals surface area (Å²) in [5, 5.41) is 3.16. The molecule has 0 heterocycles. The number of allylic oxidation sites excluding steroid dienone is 1. The molecular weight excluding hydrogens is 122 g/mol. The van der Waals surface area contributed by atoms with Crippen LogP contribution in [0.15, 0.2) is 12.7 Å². The lowest BCUT2D eigenvalue weighted by Gasteiger charge is -2.12. The largest absolute Gasteiger partial charge is 0.319 e. The maximum atomic E-state index is 3.75. The monoisotopic (exact) mass is 141 g/mol. The van der Waals surface area contributed by atoms with Crippen molar-refractivity contribution in [3.8, 4) is 0 Å². The van der Waals surface area contributed by atoms with Gasteiger partial charge in [-0.3, -0.25) is 0 Å². The zero-order valence-electron chi connectivity index (χ0n) is 7.35. The molecule has 1 heteroatoms. The predicted octanol–water partition coefficient (Wildman–Crippen LogP) is 2.05. The molecule has 0 aromatic carbocycles. The van der Waals surface area contributed by atoms with Crippen molar-refractivity contribution in [3.63, 3.8) is 0 Å². The summed E-state index contributed by atoms with van der Waals surface area (Å²) >= 11 is 0. The van der Waals surface area contributed by atoms with E-state index in [1.54, 1.807) is 0 Å². The molecule has 0 aliphatic carbocycles. The summed E-state index contributed by atoms with van der Waals surface area (Å²) < 4.78 is 0. The van der Waals surface area contributed by atoms with Crippen molar-refractivity contribution in [1.29, 1.82) is 0 Å². The standard InChI is InChI=1S/C9H19N/c1-5-8(2)6-9(3)7-10-4/h5,8-10H,1,6-7H2,2-4H3. The van der Waals surface area contributed by atoms with Crippen LogP contribution >= 0.6 is 0 Å². The van der Waals surface area contributed by atoms with Crippen molar-refractivity contribution in [2.24, 2.45) is 11.8 Å². The second-order valence-corrected chi connectivity index (χ2v) is 3.11. The highest BCUT2D eigenvalue weighted by Crippen LogP contribution is 2.10. The topological polar surface area (TPSA) is 12.0 Å². The Bertz CT molecular complexity index is 88.7. The predicted molar refractivity (Wildman–Crippen MR) is 47.1 cm³/mol. The number of nitrogens with one attached hydrogen (secondary N) is 1. The summed E-state index contributed by atoms with van der Waals surface area (Å²) in [6.45, 7) is 9.33. The van der Waals surface area contributed by atoms with Gasteiger partial charge in [-0.2, -0.15) is 0 Å². The van der Waals surface area contributed by atoms with Gasteiger partial charge in [0.15, 0.2) is 0 Å². The number of hydrogen-bond acceptors (Lipinski definition) is 1. The van der Waals surface area contributed by atoms with Crippen LogP contribution < -0.4 is 5.32 Å². The summed E-state index contributed by atoms with van der Waals surface area (Å²) in [6, 6.07) is 0. The van der Waals surface area contributed by atoms with E-state index in [1.807, 2.05) is 13.1 Å². The van der Waals surface area contributed by atoms with Crippen LogP contribution in [0.5, 0.6) is 0 Å². The molecule has 0 saturated carbocycles. The highest BCUT2D eigenvalue weighted by Gasteiger charge is 2.03. The van der Waals surface area contributed by atoms with Crippen molar-refractivity contribution < 1.29 is 0 Å².